The Morgan fingerprint density at radius 1 is 1.25 bits per heavy atom. The first kappa shape index (κ1) is 10.7. The maximum Gasteiger partial charge on any atom is 0.217 e. The summed E-state index contributed by atoms with van der Waals surface area (Å²) in [6, 6.07) is 8.49. The third-order valence-electron chi connectivity index (χ3n) is 2.76. The Morgan fingerprint density at radius 2 is 2.12 bits per heavy atom. The van der Waals surface area contributed by atoms with Crippen molar-refractivity contribution in [3.05, 3.63) is 36.0 Å². The molecule has 16 heavy (non-hydrogen) atoms. The van der Waals surface area contributed by atoms with Crippen molar-refractivity contribution in [2.45, 2.75) is 25.7 Å². The van der Waals surface area contributed by atoms with Crippen LogP contribution >= 0.6 is 0 Å². The van der Waals surface area contributed by atoms with Gasteiger partial charge in [0.2, 0.25) is 5.91 Å². The fourth-order valence-electron chi connectivity index (χ4n) is 1.89. The molecule has 0 saturated heterocycles. The molecule has 1 amide bonds. The second kappa shape index (κ2) is 4.84. The van der Waals surface area contributed by atoms with Crippen molar-refractivity contribution in [2.75, 3.05) is 0 Å². The standard InChI is InChI=1S/C13H16N2O/c14-13(16)4-2-1-3-10-5-6-12-11(9-10)7-8-15-12/h5-9,15H,1-4H2,(H2,14,16). The molecule has 0 aliphatic heterocycles. The first-order chi connectivity index (χ1) is 7.75. The minimum atomic E-state index is -0.207. The van der Waals surface area contributed by atoms with Gasteiger partial charge >= 0.3 is 0 Å². The molecular weight excluding hydrogens is 200 g/mol. The highest BCUT2D eigenvalue weighted by Gasteiger charge is 1.99. The molecule has 2 aromatic rings. The molecule has 0 aliphatic rings. The van der Waals surface area contributed by atoms with Crippen LogP contribution in [0.2, 0.25) is 0 Å². The number of H-pyrrole nitrogens is 1. The van der Waals surface area contributed by atoms with E-state index in [2.05, 4.69) is 29.2 Å². The zero-order valence-corrected chi connectivity index (χ0v) is 9.20. The number of aryl methyl sites for hydroxylation is 1. The van der Waals surface area contributed by atoms with Crippen molar-refractivity contribution in [3.8, 4) is 0 Å². The fourth-order valence-corrected chi connectivity index (χ4v) is 1.89. The summed E-state index contributed by atoms with van der Waals surface area (Å²) < 4.78 is 0. The number of nitrogens with one attached hydrogen (secondary N) is 1. The monoisotopic (exact) mass is 216 g/mol. The summed E-state index contributed by atoms with van der Waals surface area (Å²) in [7, 11) is 0. The van der Waals surface area contributed by atoms with Crippen LogP contribution in [-0.2, 0) is 11.2 Å². The van der Waals surface area contributed by atoms with Crippen LogP contribution in [0, 0.1) is 0 Å². The Morgan fingerprint density at radius 3 is 2.94 bits per heavy atom. The highest BCUT2D eigenvalue weighted by atomic mass is 16.1. The fraction of sp³-hybridized carbons (Fsp3) is 0.308. The van der Waals surface area contributed by atoms with Gasteiger partial charge < -0.3 is 10.7 Å². The molecule has 0 fully saturated rings. The van der Waals surface area contributed by atoms with Crippen LogP contribution < -0.4 is 5.73 Å². The van der Waals surface area contributed by atoms with Gasteiger partial charge in [-0.05, 0) is 48.4 Å². The predicted molar refractivity (Wildman–Crippen MR) is 65.0 cm³/mol. The molecule has 0 unspecified atom stereocenters. The lowest BCUT2D eigenvalue weighted by Gasteiger charge is -2.01. The number of primary amides is 1. The zero-order chi connectivity index (χ0) is 11.4. The van der Waals surface area contributed by atoms with E-state index in [0.29, 0.717) is 6.42 Å². The van der Waals surface area contributed by atoms with E-state index in [-0.39, 0.29) is 5.91 Å². The summed E-state index contributed by atoms with van der Waals surface area (Å²) in [5.41, 5.74) is 7.57. The molecule has 0 aliphatic carbocycles. The summed E-state index contributed by atoms with van der Waals surface area (Å²) in [6.45, 7) is 0. The van der Waals surface area contributed by atoms with Gasteiger partial charge in [-0.2, -0.15) is 0 Å². The predicted octanol–water partition coefficient (Wildman–Crippen LogP) is 2.37. The minimum absolute atomic E-state index is 0.207. The lowest BCUT2D eigenvalue weighted by atomic mass is 10.1. The summed E-state index contributed by atoms with van der Waals surface area (Å²) in [5.74, 6) is -0.207. The first-order valence-electron chi connectivity index (χ1n) is 5.60. The third-order valence-corrected chi connectivity index (χ3v) is 2.76. The molecule has 0 bridgehead atoms. The number of nitrogens with two attached hydrogens (primary N) is 1. The lowest BCUT2D eigenvalue weighted by molar-refractivity contribution is -0.118. The van der Waals surface area contributed by atoms with Crippen LogP contribution in [0.5, 0.6) is 0 Å². The van der Waals surface area contributed by atoms with Crippen molar-refractivity contribution in [1.82, 2.24) is 4.98 Å². The molecule has 1 aromatic carbocycles. The van der Waals surface area contributed by atoms with E-state index in [1.54, 1.807) is 0 Å². The number of benzene rings is 1. The van der Waals surface area contributed by atoms with Gasteiger partial charge in [0.05, 0.1) is 0 Å². The number of fused-ring (bicyclic) bond motifs is 1. The van der Waals surface area contributed by atoms with E-state index < -0.39 is 0 Å². The maximum absolute atomic E-state index is 10.6. The van der Waals surface area contributed by atoms with Crippen LogP contribution in [0.4, 0.5) is 0 Å². The Kier molecular flexibility index (Phi) is 3.25. The van der Waals surface area contributed by atoms with Gasteiger partial charge in [-0.25, -0.2) is 0 Å². The van der Waals surface area contributed by atoms with Crippen LogP contribution in [-0.4, -0.2) is 10.9 Å². The molecule has 3 heteroatoms. The molecule has 0 radical (unpaired) electrons. The number of aromatic amines is 1. The Labute approximate surface area is 94.6 Å². The number of hydrogen-bond donors (Lipinski definition) is 2. The van der Waals surface area contributed by atoms with Crippen molar-refractivity contribution in [3.63, 3.8) is 0 Å². The van der Waals surface area contributed by atoms with E-state index in [0.717, 1.165) is 19.3 Å². The largest absolute Gasteiger partial charge is 0.370 e. The van der Waals surface area contributed by atoms with Crippen LogP contribution in [0.1, 0.15) is 24.8 Å². The van der Waals surface area contributed by atoms with Gasteiger partial charge in [-0.1, -0.05) is 6.07 Å². The lowest BCUT2D eigenvalue weighted by Crippen LogP contribution is -2.09. The maximum atomic E-state index is 10.6. The summed E-state index contributed by atoms with van der Waals surface area (Å²) >= 11 is 0. The first-order valence-corrected chi connectivity index (χ1v) is 5.60. The second-order valence-electron chi connectivity index (χ2n) is 4.07. The van der Waals surface area contributed by atoms with Gasteiger partial charge in [0, 0.05) is 18.1 Å². The molecule has 0 spiro atoms. The number of rotatable bonds is 5. The molecule has 2 rings (SSSR count). The number of unbranched alkanes of at least 4 members (excludes halogenated alkanes) is 1. The highest BCUT2D eigenvalue weighted by molar-refractivity contribution is 5.79. The van der Waals surface area contributed by atoms with E-state index in [1.165, 1.54) is 16.5 Å². The van der Waals surface area contributed by atoms with Crippen molar-refractivity contribution in [2.24, 2.45) is 5.73 Å². The average Bonchev–Trinajstić information content (AvgIpc) is 2.71. The summed E-state index contributed by atoms with van der Waals surface area (Å²) in [6.07, 6.45) is 5.34. The smallest absolute Gasteiger partial charge is 0.217 e. The molecule has 1 aromatic heterocycles. The van der Waals surface area contributed by atoms with Gasteiger partial charge in [0.25, 0.3) is 0 Å². The van der Waals surface area contributed by atoms with Gasteiger partial charge in [0.15, 0.2) is 0 Å². The Hall–Kier alpha value is -1.77. The van der Waals surface area contributed by atoms with E-state index in [4.69, 9.17) is 5.73 Å². The summed E-state index contributed by atoms with van der Waals surface area (Å²) in [5, 5.41) is 1.24. The number of carbonyl (C=O) groups excluding carboxylic acids is 1. The average molecular weight is 216 g/mol. The normalized spacial score (nSPS) is 10.8. The topological polar surface area (TPSA) is 58.9 Å². The highest BCUT2D eigenvalue weighted by Crippen LogP contribution is 2.16. The molecular formula is C13H16N2O. The number of carbonyl (C=O) groups is 1. The zero-order valence-electron chi connectivity index (χ0n) is 9.20. The molecule has 3 nitrogen and oxygen atoms in total. The Bertz CT molecular complexity index is 487. The SMILES string of the molecule is NC(=O)CCCCc1ccc2[nH]ccc2c1. The number of hydrogen-bond acceptors (Lipinski definition) is 1. The molecule has 1 heterocycles. The van der Waals surface area contributed by atoms with Crippen LogP contribution in [0.25, 0.3) is 10.9 Å². The van der Waals surface area contributed by atoms with E-state index in [9.17, 15) is 4.79 Å². The summed E-state index contributed by atoms with van der Waals surface area (Å²) in [4.78, 5) is 13.7. The van der Waals surface area contributed by atoms with Gasteiger partial charge in [0.1, 0.15) is 0 Å². The van der Waals surface area contributed by atoms with Crippen molar-refractivity contribution >= 4 is 16.8 Å². The third kappa shape index (κ3) is 2.63. The van der Waals surface area contributed by atoms with Crippen molar-refractivity contribution in [1.29, 1.82) is 0 Å². The molecule has 84 valence electrons. The molecule has 0 saturated carbocycles. The molecule has 0 atom stereocenters. The Balaban J connectivity index is 1.91. The van der Waals surface area contributed by atoms with Gasteiger partial charge in [-0.15, -0.1) is 0 Å². The quantitative estimate of drug-likeness (QED) is 0.740. The number of aromatic nitrogens is 1. The second-order valence-corrected chi connectivity index (χ2v) is 4.07. The van der Waals surface area contributed by atoms with Crippen molar-refractivity contribution < 1.29 is 4.79 Å². The number of amides is 1. The van der Waals surface area contributed by atoms with E-state index >= 15 is 0 Å². The van der Waals surface area contributed by atoms with Crippen LogP contribution in [0.15, 0.2) is 30.5 Å². The molecule has 3 N–H and O–H groups in total. The van der Waals surface area contributed by atoms with E-state index in [1.807, 2.05) is 6.20 Å². The minimum Gasteiger partial charge on any atom is -0.370 e. The van der Waals surface area contributed by atoms with Crippen LogP contribution in [0.3, 0.4) is 0 Å². The van der Waals surface area contributed by atoms with Gasteiger partial charge in [-0.3, -0.25) is 4.79 Å².